The van der Waals surface area contributed by atoms with Gasteiger partial charge in [0, 0.05) is 22.1 Å². The number of rotatable bonds is 5. The van der Waals surface area contributed by atoms with Crippen LogP contribution in [0.15, 0.2) is 22.7 Å². The molecular weight excluding hydrogens is 314 g/mol. The SMILES string of the molecule is CCC(NC(C)C1CCCCC1)c1cc(Br)ccc1O. The fourth-order valence-corrected chi connectivity index (χ4v) is 3.70. The summed E-state index contributed by atoms with van der Waals surface area (Å²) in [5.41, 5.74) is 1.00. The number of hydrogen-bond donors (Lipinski definition) is 2. The van der Waals surface area contributed by atoms with E-state index in [2.05, 4.69) is 35.1 Å². The first-order valence-corrected chi connectivity index (χ1v) is 8.65. The van der Waals surface area contributed by atoms with Crippen LogP contribution in [0, 0.1) is 5.92 Å². The molecule has 20 heavy (non-hydrogen) atoms. The van der Waals surface area contributed by atoms with Crippen molar-refractivity contribution >= 4 is 15.9 Å². The molecule has 1 aromatic rings. The van der Waals surface area contributed by atoms with Gasteiger partial charge < -0.3 is 10.4 Å². The van der Waals surface area contributed by atoms with Gasteiger partial charge in [0.2, 0.25) is 0 Å². The third kappa shape index (κ3) is 3.98. The summed E-state index contributed by atoms with van der Waals surface area (Å²) in [6, 6.07) is 6.43. The molecule has 2 N–H and O–H groups in total. The molecule has 1 aliphatic rings. The van der Waals surface area contributed by atoms with Crippen LogP contribution in [0.1, 0.15) is 64.0 Å². The molecule has 0 saturated heterocycles. The lowest BCUT2D eigenvalue weighted by Crippen LogP contribution is -2.37. The molecule has 3 heteroatoms. The van der Waals surface area contributed by atoms with Gasteiger partial charge in [-0.25, -0.2) is 0 Å². The summed E-state index contributed by atoms with van der Waals surface area (Å²) in [6.07, 6.45) is 7.81. The molecule has 0 aliphatic heterocycles. The molecular formula is C17H26BrNO. The quantitative estimate of drug-likeness (QED) is 0.775. The Morgan fingerprint density at radius 3 is 2.65 bits per heavy atom. The fourth-order valence-electron chi connectivity index (χ4n) is 3.32. The van der Waals surface area contributed by atoms with Crippen molar-refractivity contribution in [1.29, 1.82) is 0 Å². The maximum atomic E-state index is 10.1. The van der Waals surface area contributed by atoms with E-state index in [1.807, 2.05) is 12.1 Å². The van der Waals surface area contributed by atoms with Gasteiger partial charge in [-0.05, 0) is 50.3 Å². The summed E-state index contributed by atoms with van der Waals surface area (Å²) in [7, 11) is 0. The first-order valence-electron chi connectivity index (χ1n) is 7.86. The van der Waals surface area contributed by atoms with Crippen molar-refractivity contribution in [2.75, 3.05) is 0 Å². The zero-order valence-electron chi connectivity index (χ0n) is 12.5. The largest absolute Gasteiger partial charge is 0.508 e. The summed E-state index contributed by atoms with van der Waals surface area (Å²) >= 11 is 3.50. The average Bonchev–Trinajstić information content (AvgIpc) is 2.48. The zero-order chi connectivity index (χ0) is 14.5. The van der Waals surface area contributed by atoms with Gasteiger partial charge in [-0.1, -0.05) is 42.1 Å². The Hall–Kier alpha value is -0.540. The van der Waals surface area contributed by atoms with E-state index in [0.717, 1.165) is 22.4 Å². The normalized spacial score (nSPS) is 19.8. The van der Waals surface area contributed by atoms with E-state index in [9.17, 15) is 5.11 Å². The number of phenolic OH excluding ortho intramolecular Hbond substituents is 1. The van der Waals surface area contributed by atoms with Crippen molar-refractivity contribution < 1.29 is 5.11 Å². The third-order valence-corrected chi connectivity index (χ3v) is 5.09. The summed E-state index contributed by atoms with van der Waals surface area (Å²) in [5, 5.41) is 13.8. The summed E-state index contributed by atoms with van der Waals surface area (Å²) < 4.78 is 1.02. The van der Waals surface area contributed by atoms with Gasteiger partial charge in [0.15, 0.2) is 0 Å². The second-order valence-corrected chi connectivity index (χ2v) is 6.93. The smallest absolute Gasteiger partial charge is 0.120 e. The number of halogens is 1. The molecule has 2 rings (SSSR count). The maximum absolute atomic E-state index is 10.1. The maximum Gasteiger partial charge on any atom is 0.120 e. The Balaban J connectivity index is 2.05. The lowest BCUT2D eigenvalue weighted by Gasteiger charge is -2.32. The molecule has 2 atom stereocenters. The molecule has 112 valence electrons. The Labute approximate surface area is 131 Å². The average molecular weight is 340 g/mol. The predicted molar refractivity (Wildman–Crippen MR) is 88.0 cm³/mol. The molecule has 0 amide bonds. The number of hydrogen-bond acceptors (Lipinski definition) is 2. The lowest BCUT2D eigenvalue weighted by atomic mass is 9.84. The van der Waals surface area contributed by atoms with E-state index in [1.54, 1.807) is 6.07 Å². The molecule has 1 aliphatic carbocycles. The van der Waals surface area contributed by atoms with Gasteiger partial charge in [0.1, 0.15) is 5.75 Å². The molecule has 0 radical (unpaired) electrons. The van der Waals surface area contributed by atoms with E-state index in [-0.39, 0.29) is 6.04 Å². The van der Waals surface area contributed by atoms with Crippen LogP contribution in [0.25, 0.3) is 0 Å². The van der Waals surface area contributed by atoms with Crippen molar-refractivity contribution in [2.24, 2.45) is 5.92 Å². The lowest BCUT2D eigenvalue weighted by molar-refractivity contribution is 0.261. The molecule has 2 nitrogen and oxygen atoms in total. The van der Waals surface area contributed by atoms with Crippen molar-refractivity contribution in [3.63, 3.8) is 0 Å². The van der Waals surface area contributed by atoms with Crippen LogP contribution in [-0.4, -0.2) is 11.1 Å². The molecule has 0 bridgehead atoms. The molecule has 1 aromatic carbocycles. The van der Waals surface area contributed by atoms with Gasteiger partial charge >= 0.3 is 0 Å². The molecule has 0 aromatic heterocycles. The zero-order valence-corrected chi connectivity index (χ0v) is 14.1. The highest BCUT2D eigenvalue weighted by Crippen LogP contribution is 2.32. The van der Waals surface area contributed by atoms with E-state index in [1.165, 1.54) is 32.1 Å². The number of benzene rings is 1. The van der Waals surface area contributed by atoms with Gasteiger partial charge in [-0.3, -0.25) is 0 Å². The Bertz CT molecular complexity index is 429. The van der Waals surface area contributed by atoms with E-state index in [0.29, 0.717) is 11.8 Å². The van der Waals surface area contributed by atoms with Crippen LogP contribution in [0.5, 0.6) is 5.75 Å². The summed E-state index contributed by atoms with van der Waals surface area (Å²) in [6.45, 7) is 4.47. The topological polar surface area (TPSA) is 32.3 Å². The first-order chi connectivity index (χ1) is 9.61. The van der Waals surface area contributed by atoms with Crippen LogP contribution in [0.3, 0.4) is 0 Å². The van der Waals surface area contributed by atoms with Crippen LogP contribution < -0.4 is 5.32 Å². The minimum absolute atomic E-state index is 0.226. The van der Waals surface area contributed by atoms with Gasteiger partial charge in [-0.15, -0.1) is 0 Å². The second kappa shape index (κ2) is 7.46. The highest BCUT2D eigenvalue weighted by atomic mass is 79.9. The highest BCUT2D eigenvalue weighted by molar-refractivity contribution is 9.10. The van der Waals surface area contributed by atoms with Crippen molar-refractivity contribution in [3.8, 4) is 5.75 Å². The number of aromatic hydroxyl groups is 1. The van der Waals surface area contributed by atoms with E-state index in [4.69, 9.17) is 0 Å². The van der Waals surface area contributed by atoms with Crippen molar-refractivity contribution in [1.82, 2.24) is 5.32 Å². The Morgan fingerprint density at radius 1 is 1.30 bits per heavy atom. The number of phenols is 1. The van der Waals surface area contributed by atoms with Crippen molar-refractivity contribution in [3.05, 3.63) is 28.2 Å². The molecule has 0 spiro atoms. The molecule has 0 heterocycles. The van der Waals surface area contributed by atoms with Crippen LogP contribution in [0.2, 0.25) is 0 Å². The first kappa shape index (κ1) is 15.8. The second-order valence-electron chi connectivity index (χ2n) is 6.02. The highest BCUT2D eigenvalue weighted by Gasteiger charge is 2.23. The molecule has 2 unspecified atom stereocenters. The molecule has 1 fully saturated rings. The van der Waals surface area contributed by atoms with Crippen LogP contribution in [0.4, 0.5) is 0 Å². The van der Waals surface area contributed by atoms with Crippen molar-refractivity contribution in [2.45, 2.75) is 64.5 Å². The Morgan fingerprint density at radius 2 is 2.00 bits per heavy atom. The fraction of sp³-hybridized carbons (Fsp3) is 0.647. The molecule has 1 saturated carbocycles. The minimum Gasteiger partial charge on any atom is -0.508 e. The Kier molecular flexibility index (Phi) is 5.91. The van der Waals surface area contributed by atoms with E-state index >= 15 is 0 Å². The number of nitrogens with one attached hydrogen (secondary N) is 1. The summed E-state index contributed by atoms with van der Waals surface area (Å²) in [5.74, 6) is 1.18. The standard InChI is InChI=1S/C17H26BrNO/c1-3-16(15-11-14(18)9-10-17(15)20)19-12(2)13-7-5-4-6-8-13/h9-13,16,19-20H,3-8H2,1-2H3. The van der Waals surface area contributed by atoms with Crippen LogP contribution >= 0.6 is 15.9 Å². The monoisotopic (exact) mass is 339 g/mol. The van der Waals surface area contributed by atoms with Gasteiger partial charge in [-0.2, -0.15) is 0 Å². The summed E-state index contributed by atoms with van der Waals surface area (Å²) in [4.78, 5) is 0. The van der Waals surface area contributed by atoms with E-state index < -0.39 is 0 Å². The minimum atomic E-state index is 0.226. The van der Waals surface area contributed by atoms with Gasteiger partial charge in [0.25, 0.3) is 0 Å². The predicted octanol–water partition coefficient (Wildman–Crippen LogP) is 5.16. The van der Waals surface area contributed by atoms with Crippen LogP contribution in [-0.2, 0) is 0 Å². The van der Waals surface area contributed by atoms with Gasteiger partial charge in [0.05, 0.1) is 0 Å². The third-order valence-electron chi connectivity index (χ3n) is 4.59.